The van der Waals surface area contributed by atoms with Gasteiger partial charge in [-0.15, -0.1) is 0 Å². The van der Waals surface area contributed by atoms with Crippen LogP contribution in [0.4, 0.5) is 0 Å². The molecule has 0 amide bonds. The lowest BCUT2D eigenvalue weighted by atomic mass is 9.90. The summed E-state index contributed by atoms with van der Waals surface area (Å²) in [7, 11) is 0. The molecule has 3 saturated heterocycles. The van der Waals surface area contributed by atoms with Gasteiger partial charge in [0.15, 0.2) is 0 Å². The molecule has 0 atom stereocenters. The molecule has 0 saturated carbocycles. The molecule has 3 aliphatic rings. The summed E-state index contributed by atoms with van der Waals surface area (Å²) in [4.78, 5) is 0. The van der Waals surface area contributed by atoms with Crippen LogP contribution in [0.3, 0.4) is 0 Å². The molecular formula is C20H39N7S. The summed E-state index contributed by atoms with van der Waals surface area (Å²) >= 11 is 1.76. The third-order valence-corrected chi connectivity index (χ3v) is 6.46. The highest BCUT2D eigenvalue weighted by atomic mass is 32.1. The highest BCUT2D eigenvalue weighted by Gasteiger charge is 2.29. The van der Waals surface area contributed by atoms with Gasteiger partial charge in [0.2, 0.25) is 0 Å². The van der Waals surface area contributed by atoms with Gasteiger partial charge >= 0.3 is 0 Å². The predicted molar refractivity (Wildman–Crippen MR) is 119 cm³/mol. The van der Waals surface area contributed by atoms with Gasteiger partial charge in [-0.05, 0) is 22.4 Å². The first kappa shape index (κ1) is 22.1. The van der Waals surface area contributed by atoms with Crippen molar-refractivity contribution < 1.29 is 0 Å². The molecule has 0 unspecified atom stereocenters. The van der Waals surface area contributed by atoms with E-state index in [1.807, 2.05) is 0 Å². The maximum Gasteiger partial charge on any atom is 0.0561 e. The van der Waals surface area contributed by atoms with Crippen LogP contribution in [0.1, 0.15) is 12.5 Å². The summed E-state index contributed by atoms with van der Waals surface area (Å²) in [6.45, 7) is 15.1. The zero-order valence-corrected chi connectivity index (χ0v) is 18.1. The number of fused-ring (bicyclic) bond motifs is 15. The van der Waals surface area contributed by atoms with E-state index < -0.39 is 0 Å². The van der Waals surface area contributed by atoms with Crippen LogP contribution in [0.5, 0.6) is 0 Å². The van der Waals surface area contributed by atoms with E-state index in [9.17, 15) is 0 Å². The average molecular weight is 410 g/mol. The zero-order chi connectivity index (χ0) is 19.5. The van der Waals surface area contributed by atoms with Crippen LogP contribution in [-0.4, -0.2) is 84.1 Å². The second-order valence-corrected chi connectivity index (χ2v) is 9.42. The van der Waals surface area contributed by atoms with Gasteiger partial charge in [0.25, 0.3) is 0 Å². The Morgan fingerprint density at radius 1 is 0.786 bits per heavy atom. The molecule has 3 fully saturated rings. The van der Waals surface area contributed by atoms with E-state index in [0.717, 1.165) is 85.1 Å². The van der Waals surface area contributed by atoms with Gasteiger partial charge in [0.05, 0.1) is 5.54 Å². The first-order valence-electron chi connectivity index (χ1n) is 10.7. The molecule has 160 valence electrons. The minimum atomic E-state index is -0.0231. The Kier molecular flexibility index (Phi) is 9.13. The molecule has 0 radical (unpaired) electrons. The normalized spacial score (nSPS) is 31.9. The lowest BCUT2D eigenvalue weighted by Crippen LogP contribution is -2.64. The minimum Gasteiger partial charge on any atom is -0.315 e. The molecule has 1 aromatic rings. The van der Waals surface area contributed by atoms with Gasteiger partial charge in [-0.25, -0.2) is 0 Å². The van der Waals surface area contributed by atoms with Gasteiger partial charge in [-0.2, -0.15) is 11.3 Å². The second kappa shape index (κ2) is 11.6. The average Bonchev–Trinajstić information content (AvgIpc) is 3.21. The summed E-state index contributed by atoms with van der Waals surface area (Å²) in [5.41, 5.74) is 1.56. The lowest BCUT2D eigenvalue weighted by Gasteiger charge is -2.37. The molecule has 1 aromatic heterocycles. The van der Waals surface area contributed by atoms with Crippen LogP contribution >= 0.6 is 11.3 Å². The topological polar surface area (TPSA) is 84.2 Å². The molecule has 3 aliphatic heterocycles. The Balaban J connectivity index is 1.69. The third-order valence-electron chi connectivity index (χ3n) is 5.73. The summed E-state index contributed by atoms with van der Waals surface area (Å²) in [5.74, 6) is 0. The fourth-order valence-electron chi connectivity index (χ4n) is 3.93. The highest BCUT2D eigenvalue weighted by Crippen LogP contribution is 2.13. The molecule has 0 aromatic carbocycles. The molecule has 7 N–H and O–H groups in total. The molecule has 4 rings (SSSR count). The maximum absolute atomic E-state index is 3.87. The van der Waals surface area contributed by atoms with E-state index in [0.29, 0.717) is 0 Å². The van der Waals surface area contributed by atoms with Gasteiger partial charge < -0.3 is 37.2 Å². The van der Waals surface area contributed by atoms with E-state index in [2.05, 4.69) is 61.0 Å². The third kappa shape index (κ3) is 7.35. The molecule has 0 spiro atoms. The molecular weight excluding hydrogens is 370 g/mol. The fourth-order valence-corrected chi connectivity index (χ4v) is 4.60. The summed E-state index contributed by atoms with van der Waals surface area (Å²) in [6, 6.07) is 2.21. The van der Waals surface area contributed by atoms with Crippen molar-refractivity contribution in [2.75, 3.05) is 78.5 Å². The zero-order valence-electron chi connectivity index (χ0n) is 17.3. The second-order valence-electron chi connectivity index (χ2n) is 8.64. The molecule has 0 aliphatic carbocycles. The van der Waals surface area contributed by atoms with Crippen LogP contribution in [0.15, 0.2) is 16.8 Å². The van der Waals surface area contributed by atoms with Gasteiger partial charge in [-0.1, -0.05) is 6.92 Å². The van der Waals surface area contributed by atoms with Crippen LogP contribution in [-0.2, 0) is 6.54 Å². The van der Waals surface area contributed by atoms with Gasteiger partial charge in [0.1, 0.15) is 0 Å². The number of thiophene rings is 1. The standard InChI is InChI=1S/C20H39N7S/c1-19-12-21-3-6-24-15-20(16-25-7-4-22-13-19,17-26-8-5-23-14-19)27-10-18-2-9-28-11-18/h2,9,11,21-27H,3-8,10,12-17H2,1H3. The van der Waals surface area contributed by atoms with E-state index in [4.69, 9.17) is 0 Å². The highest BCUT2D eigenvalue weighted by molar-refractivity contribution is 7.07. The smallest absolute Gasteiger partial charge is 0.0561 e. The van der Waals surface area contributed by atoms with Crippen LogP contribution in [0, 0.1) is 5.41 Å². The molecule has 4 heterocycles. The number of nitrogens with one attached hydrogen (secondary N) is 7. The molecule has 2 bridgehead atoms. The Hall–Kier alpha value is -0.580. The maximum atomic E-state index is 3.87. The van der Waals surface area contributed by atoms with Crippen molar-refractivity contribution in [1.82, 2.24) is 37.2 Å². The molecule has 7 nitrogen and oxygen atoms in total. The molecule has 8 heteroatoms. The summed E-state index contributed by atoms with van der Waals surface area (Å²) in [5, 5.41) is 30.3. The Bertz CT molecular complexity index is 493. The summed E-state index contributed by atoms with van der Waals surface area (Å²) < 4.78 is 0. The van der Waals surface area contributed by atoms with Crippen molar-refractivity contribution in [3.63, 3.8) is 0 Å². The summed E-state index contributed by atoms with van der Waals surface area (Å²) in [6.07, 6.45) is 0. The van der Waals surface area contributed by atoms with Crippen LogP contribution < -0.4 is 37.2 Å². The predicted octanol–water partition coefficient (Wildman–Crippen LogP) is -0.852. The Morgan fingerprint density at radius 2 is 1.25 bits per heavy atom. The fraction of sp³-hybridized carbons (Fsp3) is 0.800. The van der Waals surface area contributed by atoms with Gasteiger partial charge in [0, 0.05) is 90.5 Å². The van der Waals surface area contributed by atoms with Crippen molar-refractivity contribution in [2.45, 2.75) is 19.0 Å². The van der Waals surface area contributed by atoms with E-state index in [1.54, 1.807) is 11.3 Å². The number of rotatable bonds is 3. The quantitative estimate of drug-likeness (QED) is 0.350. The molecule has 28 heavy (non-hydrogen) atoms. The van der Waals surface area contributed by atoms with Crippen LogP contribution in [0.2, 0.25) is 0 Å². The number of hydrogen-bond donors (Lipinski definition) is 7. The van der Waals surface area contributed by atoms with Crippen molar-refractivity contribution in [3.8, 4) is 0 Å². The monoisotopic (exact) mass is 409 g/mol. The van der Waals surface area contributed by atoms with Crippen molar-refractivity contribution >= 4 is 11.3 Å². The van der Waals surface area contributed by atoms with E-state index in [1.165, 1.54) is 5.56 Å². The SMILES string of the molecule is CC12CNCCNCC(NCc3ccsc3)(CNCCNC1)CNCCNC2. The lowest BCUT2D eigenvalue weighted by molar-refractivity contribution is 0.249. The minimum absolute atomic E-state index is 0.0231. The van der Waals surface area contributed by atoms with Gasteiger partial charge in [-0.3, -0.25) is 0 Å². The van der Waals surface area contributed by atoms with Crippen molar-refractivity contribution in [3.05, 3.63) is 22.4 Å². The van der Waals surface area contributed by atoms with Crippen molar-refractivity contribution in [1.29, 1.82) is 0 Å². The Morgan fingerprint density at radius 3 is 1.68 bits per heavy atom. The number of hydrogen-bond acceptors (Lipinski definition) is 8. The Labute approximate surface area is 174 Å². The van der Waals surface area contributed by atoms with Crippen LogP contribution in [0.25, 0.3) is 0 Å². The first-order valence-corrected chi connectivity index (χ1v) is 11.6. The first-order chi connectivity index (χ1) is 13.7. The van der Waals surface area contributed by atoms with Crippen molar-refractivity contribution in [2.24, 2.45) is 5.41 Å². The van der Waals surface area contributed by atoms with E-state index in [-0.39, 0.29) is 11.0 Å². The van der Waals surface area contributed by atoms with E-state index >= 15 is 0 Å². The largest absolute Gasteiger partial charge is 0.315 e.